The lowest BCUT2D eigenvalue weighted by Crippen LogP contribution is -2.14. The number of carboxylic acids is 1. The molecular formula is C14H11NO3. The summed E-state index contributed by atoms with van der Waals surface area (Å²) in [4.78, 5) is 26.5. The van der Waals surface area contributed by atoms with Crippen LogP contribution in [0.2, 0.25) is 0 Å². The molecule has 0 spiro atoms. The Morgan fingerprint density at radius 1 is 1.22 bits per heavy atom. The molecule has 1 aromatic heterocycles. The van der Waals surface area contributed by atoms with E-state index in [1.165, 1.54) is 0 Å². The van der Waals surface area contributed by atoms with Gasteiger partial charge in [0.2, 0.25) is 0 Å². The van der Waals surface area contributed by atoms with E-state index in [2.05, 4.69) is 11.6 Å². The summed E-state index contributed by atoms with van der Waals surface area (Å²) in [6, 6.07) is 9.36. The summed E-state index contributed by atoms with van der Waals surface area (Å²) in [7, 11) is 0. The number of Topliss-reactive ketones (excluding diaryl/α,β-unsaturated/α-hetero) is 1. The van der Waals surface area contributed by atoms with E-state index < -0.39 is 17.3 Å². The molecule has 0 aliphatic heterocycles. The summed E-state index contributed by atoms with van der Waals surface area (Å²) in [6.07, 6.45) is 1.56. The molecule has 1 N–H and O–H groups in total. The molecule has 4 nitrogen and oxygen atoms in total. The maximum Gasteiger partial charge on any atom is 0.338 e. The average Bonchev–Trinajstić information content (AvgIpc) is 2.38. The Bertz CT molecular complexity index is 641. The fraction of sp³-hybridized carbons (Fsp3) is 0.0714. The number of ketones is 1. The predicted octanol–water partition coefficient (Wildman–Crippen LogP) is 1.99. The zero-order valence-corrected chi connectivity index (χ0v) is 9.59. The molecule has 0 amide bonds. The van der Waals surface area contributed by atoms with Gasteiger partial charge in [-0.15, -0.1) is 0 Å². The van der Waals surface area contributed by atoms with Crippen molar-refractivity contribution in [2.75, 3.05) is 0 Å². The van der Waals surface area contributed by atoms with Crippen LogP contribution in [0.1, 0.15) is 5.69 Å². The fourth-order valence-electron chi connectivity index (χ4n) is 1.70. The Labute approximate surface area is 104 Å². The second-order valence-electron chi connectivity index (χ2n) is 3.86. The minimum atomic E-state index is -1.29. The van der Waals surface area contributed by atoms with Gasteiger partial charge in [-0.1, -0.05) is 30.8 Å². The molecule has 90 valence electrons. The first-order valence-electron chi connectivity index (χ1n) is 5.37. The van der Waals surface area contributed by atoms with E-state index in [4.69, 9.17) is 5.11 Å². The fourth-order valence-corrected chi connectivity index (χ4v) is 1.70. The molecular weight excluding hydrogens is 230 g/mol. The first-order valence-corrected chi connectivity index (χ1v) is 5.37. The van der Waals surface area contributed by atoms with Crippen LogP contribution in [-0.4, -0.2) is 21.8 Å². The van der Waals surface area contributed by atoms with Gasteiger partial charge in [0, 0.05) is 11.6 Å². The lowest BCUT2D eigenvalue weighted by atomic mass is 10.0. The van der Waals surface area contributed by atoms with Crippen LogP contribution in [0.4, 0.5) is 0 Å². The quantitative estimate of drug-likeness (QED) is 0.505. The van der Waals surface area contributed by atoms with Crippen molar-refractivity contribution >= 4 is 22.5 Å². The van der Waals surface area contributed by atoms with Crippen molar-refractivity contribution in [3.8, 4) is 0 Å². The highest BCUT2D eigenvalue weighted by Crippen LogP contribution is 2.17. The SMILES string of the molecule is C=C(C(=O)O)C(=O)Cc1nccc2ccccc12. The monoisotopic (exact) mass is 241 g/mol. The third kappa shape index (κ3) is 2.27. The van der Waals surface area contributed by atoms with Crippen LogP contribution in [0.15, 0.2) is 48.7 Å². The summed E-state index contributed by atoms with van der Waals surface area (Å²) in [5.74, 6) is -1.81. The smallest absolute Gasteiger partial charge is 0.338 e. The number of rotatable bonds is 4. The number of hydrogen-bond donors (Lipinski definition) is 1. The number of benzene rings is 1. The highest BCUT2D eigenvalue weighted by atomic mass is 16.4. The molecule has 18 heavy (non-hydrogen) atoms. The van der Waals surface area contributed by atoms with Gasteiger partial charge in [-0.2, -0.15) is 0 Å². The molecule has 0 aliphatic rings. The first kappa shape index (κ1) is 12.0. The molecule has 0 saturated heterocycles. The van der Waals surface area contributed by atoms with Crippen molar-refractivity contribution in [2.24, 2.45) is 0 Å². The second kappa shape index (κ2) is 4.79. The molecule has 2 aromatic rings. The maximum absolute atomic E-state index is 11.7. The van der Waals surface area contributed by atoms with Crippen LogP contribution in [-0.2, 0) is 16.0 Å². The molecule has 0 radical (unpaired) electrons. The zero-order valence-electron chi connectivity index (χ0n) is 9.59. The van der Waals surface area contributed by atoms with Gasteiger partial charge in [-0.05, 0) is 11.5 Å². The van der Waals surface area contributed by atoms with Gasteiger partial charge in [0.1, 0.15) is 0 Å². The zero-order chi connectivity index (χ0) is 13.1. The number of aromatic nitrogens is 1. The van der Waals surface area contributed by atoms with Crippen LogP contribution >= 0.6 is 0 Å². The molecule has 0 atom stereocenters. The Balaban J connectivity index is 2.35. The Morgan fingerprint density at radius 2 is 1.94 bits per heavy atom. The average molecular weight is 241 g/mol. The van der Waals surface area contributed by atoms with E-state index in [0.29, 0.717) is 5.69 Å². The largest absolute Gasteiger partial charge is 0.478 e. The number of pyridine rings is 1. The molecule has 4 heteroatoms. The van der Waals surface area contributed by atoms with Gasteiger partial charge in [0.25, 0.3) is 0 Å². The molecule has 0 bridgehead atoms. The van der Waals surface area contributed by atoms with Gasteiger partial charge in [-0.25, -0.2) is 4.79 Å². The van der Waals surface area contributed by atoms with E-state index in [0.717, 1.165) is 10.8 Å². The normalized spacial score (nSPS) is 10.2. The summed E-state index contributed by atoms with van der Waals surface area (Å²) in [6.45, 7) is 3.25. The van der Waals surface area contributed by atoms with Crippen molar-refractivity contribution in [1.82, 2.24) is 4.98 Å². The van der Waals surface area contributed by atoms with E-state index in [9.17, 15) is 9.59 Å². The minimum absolute atomic E-state index is 0.0491. The van der Waals surface area contributed by atoms with Crippen molar-refractivity contribution in [2.45, 2.75) is 6.42 Å². The Hall–Kier alpha value is -2.49. The Kier molecular flexibility index (Phi) is 3.19. The highest BCUT2D eigenvalue weighted by Gasteiger charge is 2.16. The van der Waals surface area contributed by atoms with Crippen LogP contribution in [0.25, 0.3) is 10.8 Å². The lowest BCUT2D eigenvalue weighted by Gasteiger charge is -2.04. The van der Waals surface area contributed by atoms with Crippen molar-refractivity contribution in [1.29, 1.82) is 0 Å². The van der Waals surface area contributed by atoms with Gasteiger partial charge >= 0.3 is 5.97 Å². The third-order valence-electron chi connectivity index (χ3n) is 2.68. The summed E-state index contributed by atoms with van der Waals surface area (Å²) < 4.78 is 0. The van der Waals surface area contributed by atoms with Crippen molar-refractivity contribution in [3.05, 3.63) is 54.4 Å². The number of carboxylic acid groups (broad SMARTS) is 1. The van der Waals surface area contributed by atoms with Crippen molar-refractivity contribution in [3.63, 3.8) is 0 Å². The van der Waals surface area contributed by atoms with E-state index in [1.807, 2.05) is 30.3 Å². The maximum atomic E-state index is 11.7. The number of fused-ring (bicyclic) bond motifs is 1. The van der Waals surface area contributed by atoms with Crippen LogP contribution in [0.5, 0.6) is 0 Å². The highest BCUT2D eigenvalue weighted by molar-refractivity contribution is 6.16. The number of aliphatic carboxylic acids is 1. The number of hydrogen-bond acceptors (Lipinski definition) is 3. The van der Waals surface area contributed by atoms with Crippen molar-refractivity contribution < 1.29 is 14.7 Å². The molecule has 0 saturated carbocycles. The van der Waals surface area contributed by atoms with Gasteiger partial charge in [0.15, 0.2) is 5.78 Å². The molecule has 2 rings (SSSR count). The summed E-state index contributed by atoms with van der Waals surface area (Å²) in [5, 5.41) is 10.5. The van der Waals surface area contributed by atoms with Gasteiger partial charge in [0.05, 0.1) is 17.7 Å². The van der Waals surface area contributed by atoms with E-state index >= 15 is 0 Å². The summed E-state index contributed by atoms with van der Waals surface area (Å²) >= 11 is 0. The standard InChI is InChI=1S/C14H11NO3/c1-9(14(17)18)13(16)8-12-11-5-3-2-4-10(11)6-7-15-12/h2-7H,1,8H2,(H,17,18). The molecule has 0 fully saturated rings. The van der Waals surface area contributed by atoms with E-state index in [-0.39, 0.29) is 6.42 Å². The van der Waals surface area contributed by atoms with Crippen LogP contribution in [0.3, 0.4) is 0 Å². The first-order chi connectivity index (χ1) is 8.59. The van der Waals surface area contributed by atoms with Gasteiger partial charge in [-0.3, -0.25) is 9.78 Å². The third-order valence-corrected chi connectivity index (χ3v) is 2.68. The molecule has 1 aromatic carbocycles. The number of carbonyl (C=O) groups is 2. The number of carbonyl (C=O) groups excluding carboxylic acids is 1. The van der Waals surface area contributed by atoms with Crippen LogP contribution in [0, 0.1) is 0 Å². The van der Waals surface area contributed by atoms with E-state index in [1.54, 1.807) is 6.20 Å². The lowest BCUT2D eigenvalue weighted by molar-refractivity contribution is -0.134. The van der Waals surface area contributed by atoms with Gasteiger partial charge < -0.3 is 5.11 Å². The summed E-state index contributed by atoms with van der Waals surface area (Å²) in [5.41, 5.74) is 0.158. The van der Waals surface area contributed by atoms with Crippen LogP contribution < -0.4 is 0 Å². The Morgan fingerprint density at radius 3 is 2.67 bits per heavy atom. The molecule has 0 unspecified atom stereocenters. The predicted molar refractivity (Wildman–Crippen MR) is 67.2 cm³/mol. The number of nitrogens with zero attached hydrogens (tertiary/aromatic N) is 1. The minimum Gasteiger partial charge on any atom is -0.478 e. The molecule has 1 heterocycles. The second-order valence-corrected chi connectivity index (χ2v) is 3.86. The topological polar surface area (TPSA) is 67.3 Å². The molecule has 0 aliphatic carbocycles.